The number of pyridine rings is 1. The van der Waals surface area contributed by atoms with Crippen LogP contribution in [0.25, 0.3) is 10.4 Å². The third-order valence-corrected chi connectivity index (χ3v) is 3.45. The van der Waals surface area contributed by atoms with Crippen molar-refractivity contribution in [1.82, 2.24) is 10.3 Å². The highest BCUT2D eigenvalue weighted by Gasteiger charge is 2.08. The van der Waals surface area contributed by atoms with E-state index in [0.717, 1.165) is 10.4 Å². The molecule has 0 spiro atoms. The molecule has 0 radical (unpaired) electrons. The first-order chi connectivity index (χ1) is 9.29. The lowest BCUT2D eigenvalue weighted by molar-refractivity contribution is 0.0955. The zero-order chi connectivity index (χ0) is 13.5. The van der Waals surface area contributed by atoms with Crippen molar-refractivity contribution in [2.24, 2.45) is 5.11 Å². The van der Waals surface area contributed by atoms with Crippen molar-refractivity contribution in [3.8, 4) is 0 Å². The average molecular weight is 273 g/mol. The third-order valence-electron chi connectivity index (χ3n) is 2.38. The van der Waals surface area contributed by atoms with E-state index in [9.17, 15) is 4.79 Å². The molecule has 6 nitrogen and oxygen atoms in total. The van der Waals surface area contributed by atoms with Gasteiger partial charge in [0.15, 0.2) is 0 Å². The number of hydrogen-bond acceptors (Lipinski definition) is 4. The van der Waals surface area contributed by atoms with Crippen LogP contribution < -0.4 is 5.32 Å². The van der Waals surface area contributed by atoms with Gasteiger partial charge in [-0.15, -0.1) is 11.3 Å². The Labute approximate surface area is 113 Å². The van der Waals surface area contributed by atoms with Gasteiger partial charge in [0.05, 0.1) is 11.4 Å². The lowest BCUT2D eigenvalue weighted by atomic mass is 10.2. The molecule has 0 aromatic carbocycles. The third kappa shape index (κ3) is 3.80. The predicted octanol–water partition coefficient (Wildman–Crippen LogP) is 2.88. The number of carbonyl (C=O) groups excluding carboxylic acids is 1. The van der Waals surface area contributed by atoms with Gasteiger partial charge in [0.2, 0.25) is 0 Å². The Morgan fingerprint density at radius 3 is 2.89 bits per heavy atom. The molecule has 0 aliphatic carbocycles. The summed E-state index contributed by atoms with van der Waals surface area (Å²) in [7, 11) is 0. The largest absolute Gasteiger partial charge is 0.347 e. The Kier molecular flexibility index (Phi) is 4.49. The standard InChI is InChI=1S/C12H11N5OS/c13-17-16-8-10-1-2-11(19-10)12(18)15-7-9-3-5-14-6-4-9/h1-6H,7-8H2,(H,15,18). The zero-order valence-electron chi connectivity index (χ0n) is 9.98. The van der Waals surface area contributed by atoms with E-state index in [1.807, 2.05) is 12.1 Å². The molecule has 0 saturated heterocycles. The zero-order valence-corrected chi connectivity index (χ0v) is 10.8. The summed E-state index contributed by atoms with van der Waals surface area (Å²) in [5.41, 5.74) is 9.23. The van der Waals surface area contributed by atoms with Gasteiger partial charge >= 0.3 is 0 Å². The summed E-state index contributed by atoms with van der Waals surface area (Å²) in [6.45, 7) is 0.740. The molecule has 1 N–H and O–H groups in total. The normalized spacial score (nSPS) is 9.68. The number of hydrogen-bond donors (Lipinski definition) is 1. The molecule has 2 rings (SSSR count). The minimum Gasteiger partial charge on any atom is -0.347 e. The second-order valence-electron chi connectivity index (χ2n) is 3.69. The number of rotatable bonds is 5. The molecule has 2 aromatic heterocycles. The first-order valence-corrected chi connectivity index (χ1v) is 6.38. The van der Waals surface area contributed by atoms with Gasteiger partial charge in [-0.1, -0.05) is 5.11 Å². The van der Waals surface area contributed by atoms with Crippen LogP contribution >= 0.6 is 11.3 Å². The summed E-state index contributed by atoms with van der Waals surface area (Å²) in [5, 5.41) is 6.29. The maximum absolute atomic E-state index is 11.9. The van der Waals surface area contributed by atoms with Crippen molar-refractivity contribution in [3.63, 3.8) is 0 Å². The van der Waals surface area contributed by atoms with Crippen LogP contribution in [0.15, 0.2) is 41.8 Å². The van der Waals surface area contributed by atoms with E-state index >= 15 is 0 Å². The smallest absolute Gasteiger partial charge is 0.261 e. The molecule has 2 heterocycles. The maximum atomic E-state index is 11.9. The van der Waals surface area contributed by atoms with E-state index in [4.69, 9.17) is 5.53 Å². The number of nitrogens with one attached hydrogen (secondary N) is 1. The van der Waals surface area contributed by atoms with Crippen LogP contribution in [-0.2, 0) is 13.1 Å². The maximum Gasteiger partial charge on any atom is 0.261 e. The van der Waals surface area contributed by atoms with Gasteiger partial charge in [-0.3, -0.25) is 9.78 Å². The molecule has 0 bridgehead atoms. The fourth-order valence-electron chi connectivity index (χ4n) is 1.46. The summed E-state index contributed by atoms with van der Waals surface area (Å²) >= 11 is 1.33. The highest BCUT2D eigenvalue weighted by atomic mass is 32.1. The molecule has 0 saturated carbocycles. The second-order valence-corrected chi connectivity index (χ2v) is 4.86. The minimum absolute atomic E-state index is 0.131. The molecule has 0 aliphatic heterocycles. The van der Waals surface area contributed by atoms with Gasteiger partial charge in [0.1, 0.15) is 0 Å². The average Bonchev–Trinajstić information content (AvgIpc) is 2.92. The van der Waals surface area contributed by atoms with E-state index in [-0.39, 0.29) is 12.5 Å². The summed E-state index contributed by atoms with van der Waals surface area (Å²) in [4.78, 5) is 20.0. The molecule has 0 unspecified atom stereocenters. The second kappa shape index (κ2) is 6.53. The number of azide groups is 1. The van der Waals surface area contributed by atoms with Crippen molar-refractivity contribution in [2.45, 2.75) is 13.1 Å². The Morgan fingerprint density at radius 1 is 1.37 bits per heavy atom. The molecule has 7 heteroatoms. The predicted molar refractivity (Wildman–Crippen MR) is 72.6 cm³/mol. The van der Waals surface area contributed by atoms with Crippen LogP contribution in [0.2, 0.25) is 0 Å². The van der Waals surface area contributed by atoms with E-state index in [2.05, 4.69) is 20.3 Å². The van der Waals surface area contributed by atoms with Crippen LogP contribution in [0.4, 0.5) is 0 Å². The van der Waals surface area contributed by atoms with E-state index in [1.54, 1.807) is 24.5 Å². The number of aromatic nitrogens is 1. The highest BCUT2D eigenvalue weighted by Crippen LogP contribution is 2.17. The monoisotopic (exact) mass is 273 g/mol. The fourth-order valence-corrected chi connectivity index (χ4v) is 2.30. The van der Waals surface area contributed by atoms with Gasteiger partial charge in [-0.2, -0.15) is 0 Å². The molecular formula is C12H11N5OS. The van der Waals surface area contributed by atoms with Crippen LogP contribution in [-0.4, -0.2) is 10.9 Å². The quantitative estimate of drug-likeness (QED) is 0.515. The first-order valence-electron chi connectivity index (χ1n) is 5.56. The Bertz CT molecular complexity index is 604. The number of thiophene rings is 1. The van der Waals surface area contributed by atoms with E-state index in [1.165, 1.54) is 11.3 Å². The number of carbonyl (C=O) groups is 1. The lowest BCUT2D eigenvalue weighted by Crippen LogP contribution is -2.21. The van der Waals surface area contributed by atoms with Gasteiger partial charge in [0.25, 0.3) is 5.91 Å². The van der Waals surface area contributed by atoms with Gasteiger partial charge < -0.3 is 5.32 Å². The molecule has 1 amide bonds. The van der Waals surface area contributed by atoms with Crippen LogP contribution in [0.1, 0.15) is 20.1 Å². The summed E-state index contributed by atoms with van der Waals surface area (Å²) in [6, 6.07) is 7.22. The molecule has 0 fully saturated rings. The highest BCUT2D eigenvalue weighted by molar-refractivity contribution is 7.14. The van der Waals surface area contributed by atoms with Crippen molar-refractivity contribution in [3.05, 3.63) is 62.4 Å². The Balaban J connectivity index is 1.92. The molecule has 19 heavy (non-hydrogen) atoms. The molecule has 0 atom stereocenters. The van der Waals surface area contributed by atoms with Crippen LogP contribution in [0, 0.1) is 0 Å². The summed E-state index contributed by atoms with van der Waals surface area (Å²) < 4.78 is 0. The van der Waals surface area contributed by atoms with Gasteiger partial charge in [-0.05, 0) is 35.4 Å². The molecule has 0 aliphatic rings. The fraction of sp³-hybridized carbons (Fsp3) is 0.167. The topological polar surface area (TPSA) is 90.8 Å². The SMILES string of the molecule is [N-]=[N+]=NCc1ccc(C(=O)NCc2ccncc2)s1. The number of amides is 1. The van der Waals surface area contributed by atoms with Crippen LogP contribution in [0.5, 0.6) is 0 Å². The Morgan fingerprint density at radius 2 is 2.16 bits per heavy atom. The summed E-state index contributed by atoms with van der Waals surface area (Å²) in [6.07, 6.45) is 3.37. The van der Waals surface area contributed by atoms with E-state index in [0.29, 0.717) is 11.4 Å². The molecule has 2 aromatic rings. The van der Waals surface area contributed by atoms with Crippen molar-refractivity contribution in [2.75, 3.05) is 0 Å². The van der Waals surface area contributed by atoms with Crippen molar-refractivity contribution in [1.29, 1.82) is 0 Å². The van der Waals surface area contributed by atoms with Crippen molar-refractivity contribution >= 4 is 17.2 Å². The van der Waals surface area contributed by atoms with E-state index < -0.39 is 0 Å². The van der Waals surface area contributed by atoms with Crippen molar-refractivity contribution < 1.29 is 4.79 Å². The van der Waals surface area contributed by atoms with Crippen LogP contribution in [0.3, 0.4) is 0 Å². The van der Waals surface area contributed by atoms with Gasteiger partial charge in [-0.25, -0.2) is 0 Å². The minimum atomic E-state index is -0.131. The molecule has 96 valence electrons. The first kappa shape index (κ1) is 13.1. The lowest BCUT2D eigenvalue weighted by Gasteiger charge is -2.02. The number of nitrogens with zero attached hydrogens (tertiary/aromatic N) is 4. The van der Waals surface area contributed by atoms with Gasteiger partial charge in [0, 0.05) is 28.7 Å². The Hall–Kier alpha value is -2.37. The summed E-state index contributed by atoms with van der Waals surface area (Å²) in [5.74, 6) is -0.131. The molecular weight excluding hydrogens is 262 g/mol.